The molecule has 0 saturated carbocycles. The van der Waals surface area contributed by atoms with Crippen molar-refractivity contribution >= 4 is 12.0 Å². The normalized spacial score (nSPS) is 18.9. The first-order valence-corrected chi connectivity index (χ1v) is 8.98. The number of carbonyl (C=O) groups excluding carboxylic acids is 1. The Balaban J connectivity index is 1.46. The molecule has 2 aromatic carbocycles. The Morgan fingerprint density at radius 1 is 1.11 bits per heavy atom. The predicted octanol–water partition coefficient (Wildman–Crippen LogP) is 3.27. The van der Waals surface area contributed by atoms with Crippen LogP contribution in [0.15, 0.2) is 54.6 Å². The Labute approximate surface area is 158 Å². The molecular formula is C21H24N2O4. The number of nitrogens with zero attached hydrogens (tertiary/aromatic N) is 1. The maximum Gasteiger partial charge on any atom is 0.317 e. The number of amides is 2. The van der Waals surface area contributed by atoms with E-state index < -0.39 is 11.4 Å². The van der Waals surface area contributed by atoms with Crippen molar-refractivity contribution in [3.63, 3.8) is 0 Å². The molecule has 1 aliphatic heterocycles. The standard InChI is InChI=1S/C21H24N2O4/c1-21(19(24)25)11-12-23(15-21)20(26)22-13-16-7-9-18(10-8-16)27-14-17-5-3-2-4-6-17/h2-10H,11-15H2,1H3,(H,22,26)(H,24,25). The average Bonchev–Trinajstić information content (AvgIpc) is 3.10. The molecule has 2 N–H and O–H groups in total. The second-order valence-corrected chi connectivity index (χ2v) is 7.11. The number of likely N-dealkylation sites (tertiary alicyclic amines) is 1. The second kappa shape index (κ2) is 8.12. The number of benzene rings is 2. The number of carbonyl (C=O) groups is 2. The van der Waals surface area contributed by atoms with Gasteiger partial charge in [-0.25, -0.2) is 4.79 Å². The molecule has 0 aliphatic carbocycles. The number of rotatable bonds is 6. The molecule has 1 aliphatic rings. The molecular weight excluding hydrogens is 344 g/mol. The van der Waals surface area contributed by atoms with Crippen LogP contribution in [0.2, 0.25) is 0 Å². The number of hydrogen-bond donors (Lipinski definition) is 2. The van der Waals surface area contributed by atoms with Crippen molar-refractivity contribution in [3.05, 3.63) is 65.7 Å². The molecule has 0 spiro atoms. The summed E-state index contributed by atoms with van der Waals surface area (Å²) < 4.78 is 5.75. The minimum absolute atomic E-state index is 0.232. The van der Waals surface area contributed by atoms with Gasteiger partial charge in [0, 0.05) is 19.6 Å². The van der Waals surface area contributed by atoms with Crippen LogP contribution in [-0.4, -0.2) is 35.1 Å². The van der Waals surface area contributed by atoms with Gasteiger partial charge in [-0.1, -0.05) is 42.5 Å². The summed E-state index contributed by atoms with van der Waals surface area (Å²) in [5, 5.41) is 12.1. The fourth-order valence-electron chi connectivity index (χ4n) is 3.04. The van der Waals surface area contributed by atoms with Crippen molar-refractivity contribution in [2.24, 2.45) is 5.41 Å². The first kappa shape index (κ1) is 18.8. The molecule has 27 heavy (non-hydrogen) atoms. The van der Waals surface area contributed by atoms with Gasteiger partial charge >= 0.3 is 12.0 Å². The van der Waals surface area contributed by atoms with Crippen LogP contribution in [0, 0.1) is 5.41 Å². The van der Waals surface area contributed by atoms with E-state index in [1.54, 1.807) is 11.8 Å². The summed E-state index contributed by atoms with van der Waals surface area (Å²) >= 11 is 0. The smallest absolute Gasteiger partial charge is 0.317 e. The van der Waals surface area contributed by atoms with E-state index in [2.05, 4.69) is 5.32 Å². The zero-order valence-corrected chi connectivity index (χ0v) is 15.4. The topological polar surface area (TPSA) is 78.9 Å². The number of nitrogens with one attached hydrogen (secondary N) is 1. The first-order valence-electron chi connectivity index (χ1n) is 8.98. The molecule has 0 bridgehead atoms. The van der Waals surface area contributed by atoms with Gasteiger partial charge in [0.25, 0.3) is 0 Å². The van der Waals surface area contributed by atoms with Crippen molar-refractivity contribution in [1.82, 2.24) is 10.2 Å². The van der Waals surface area contributed by atoms with Crippen LogP contribution < -0.4 is 10.1 Å². The molecule has 2 amide bonds. The highest BCUT2D eigenvalue weighted by Crippen LogP contribution is 2.30. The van der Waals surface area contributed by atoms with Gasteiger partial charge < -0.3 is 20.1 Å². The van der Waals surface area contributed by atoms with Crippen LogP contribution >= 0.6 is 0 Å². The van der Waals surface area contributed by atoms with Crippen LogP contribution in [0.1, 0.15) is 24.5 Å². The highest BCUT2D eigenvalue weighted by Gasteiger charge is 2.42. The van der Waals surface area contributed by atoms with Gasteiger partial charge in [0.2, 0.25) is 0 Å². The van der Waals surface area contributed by atoms with Gasteiger partial charge in [-0.15, -0.1) is 0 Å². The predicted molar refractivity (Wildman–Crippen MR) is 101 cm³/mol. The molecule has 1 heterocycles. The van der Waals surface area contributed by atoms with Crippen LogP contribution in [0.5, 0.6) is 5.75 Å². The van der Waals surface area contributed by atoms with E-state index in [0.717, 1.165) is 16.9 Å². The summed E-state index contributed by atoms with van der Waals surface area (Å²) in [6, 6.07) is 17.3. The van der Waals surface area contributed by atoms with Gasteiger partial charge in [-0.3, -0.25) is 4.79 Å². The number of hydrogen-bond acceptors (Lipinski definition) is 3. The zero-order valence-electron chi connectivity index (χ0n) is 15.4. The number of carboxylic acid groups (broad SMARTS) is 1. The number of aliphatic carboxylic acids is 1. The molecule has 142 valence electrons. The lowest BCUT2D eigenvalue weighted by Crippen LogP contribution is -2.40. The third-order valence-electron chi connectivity index (χ3n) is 4.89. The first-order chi connectivity index (χ1) is 13.0. The molecule has 6 heteroatoms. The maximum atomic E-state index is 12.3. The van der Waals surface area contributed by atoms with Crippen LogP contribution in [-0.2, 0) is 17.9 Å². The molecule has 3 rings (SSSR count). The summed E-state index contributed by atoms with van der Waals surface area (Å²) in [6.07, 6.45) is 0.475. The van der Waals surface area contributed by atoms with Crippen LogP contribution in [0.3, 0.4) is 0 Å². The van der Waals surface area contributed by atoms with E-state index in [9.17, 15) is 14.7 Å². The molecule has 0 aromatic heterocycles. The molecule has 0 radical (unpaired) electrons. The molecule has 1 saturated heterocycles. The summed E-state index contributed by atoms with van der Waals surface area (Å²) in [6.45, 7) is 3.27. The van der Waals surface area contributed by atoms with Crippen molar-refractivity contribution in [1.29, 1.82) is 0 Å². The Kier molecular flexibility index (Phi) is 5.64. The highest BCUT2D eigenvalue weighted by atomic mass is 16.5. The monoisotopic (exact) mass is 368 g/mol. The van der Waals surface area contributed by atoms with E-state index in [1.807, 2.05) is 54.6 Å². The summed E-state index contributed by atoms with van der Waals surface area (Å²) in [5.41, 5.74) is 1.21. The van der Waals surface area contributed by atoms with Crippen molar-refractivity contribution < 1.29 is 19.4 Å². The Hall–Kier alpha value is -3.02. The Bertz CT molecular complexity index is 792. The molecule has 1 atom stereocenters. The lowest BCUT2D eigenvalue weighted by Gasteiger charge is -2.20. The van der Waals surface area contributed by atoms with Crippen molar-refractivity contribution in [2.45, 2.75) is 26.5 Å². The highest BCUT2D eigenvalue weighted by molar-refractivity contribution is 5.79. The SMILES string of the molecule is CC1(C(=O)O)CCN(C(=O)NCc2ccc(OCc3ccccc3)cc2)C1. The fourth-order valence-corrected chi connectivity index (χ4v) is 3.04. The summed E-state index contributed by atoms with van der Waals surface area (Å²) in [7, 11) is 0. The van der Waals surface area contributed by atoms with E-state index in [1.165, 1.54) is 0 Å². The number of urea groups is 1. The van der Waals surface area contributed by atoms with Gasteiger partial charge in [-0.05, 0) is 36.6 Å². The Morgan fingerprint density at radius 2 is 1.81 bits per heavy atom. The zero-order chi connectivity index (χ0) is 19.3. The lowest BCUT2D eigenvalue weighted by atomic mass is 9.90. The molecule has 1 unspecified atom stereocenters. The van der Waals surface area contributed by atoms with E-state index >= 15 is 0 Å². The molecule has 1 fully saturated rings. The second-order valence-electron chi connectivity index (χ2n) is 7.11. The summed E-state index contributed by atoms with van der Waals surface area (Å²) in [4.78, 5) is 25.1. The van der Waals surface area contributed by atoms with Crippen molar-refractivity contribution in [2.75, 3.05) is 13.1 Å². The minimum Gasteiger partial charge on any atom is -0.489 e. The third kappa shape index (κ3) is 4.78. The third-order valence-corrected chi connectivity index (χ3v) is 4.89. The largest absolute Gasteiger partial charge is 0.489 e. The average molecular weight is 368 g/mol. The van der Waals surface area contributed by atoms with Crippen LogP contribution in [0.4, 0.5) is 4.79 Å². The summed E-state index contributed by atoms with van der Waals surface area (Å²) in [5.74, 6) is -0.0883. The van der Waals surface area contributed by atoms with E-state index in [4.69, 9.17) is 4.74 Å². The van der Waals surface area contributed by atoms with Gasteiger partial charge in [-0.2, -0.15) is 0 Å². The Morgan fingerprint density at radius 3 is 2.44 bits per heavy atom. The quantitative estimate of drug-likeness (QED) is 0.820. The van der Waals surface area contributed by atoms with Crippen molar-refractivity contribution in [3.8, 4) is 5.75 Å². The van der Waals surface area contributed by atoms with Gasteiger partial charge in [0.05, 0.1) is 5.41 Å². The van der Waals surface area contributed by atoms with Gasteiger partial charge in [0.1, 0.15) is 12.4 Å². The molecule has 2 aromatic rings. The lowest BCUT2D eigenvalue weighted by molar-refractivity contribution is -0.147. The van der Waals surface area contributed by atoms with Crippen LogP contribution in [0.25, 0.3) is 0 Å². The van der Waals surface area contributed by atoms with Gasteiger partial charge in [0.15, 0.2) is 0 Å². The fraction of sp³-hybridized carbons (Fsp3) is 0.333. The maximum absolute atomic E-state index is 12.3. The minimum atomic E-state index is -0.858. The number of ether oxygens (including phenoxy) is 1. The van der Waals surface area contributed by atoms with E-state index in [0.29, 0.717) is 26.1 Å². The molecule has 6 nitrogen and oxygen atoms in total. The number of carboxylic acids is 1. The van der Waals surface area contributed by atoms with E-state index in [-0.39, 0.29) is 12.6 Å².